The second kappa shape index (κ2) is 6.85. The molecule has 1 aromatic rings. The lowest BCUT2D eigenvalue weighted by Crippen LogP contribution is -2.43. The average Bonchev–Trinajstić information content (AvgIpc) is 2.82. The molecule has 1 aliphatic carbocycles. The Hall–Kier alpha value is -1.40. The second-order valence-corrected chi connectivity index (χ2v) is 5.37. The zero-order chi connectivity index (χ0) is 14.5. The van der Waals surface area contributed by atoms with Crippen LogP contribution < -0.4 is 11.1 Å². The van der Waals surface area contributed by atoms with E-state index in [1.54, 1.807) is 7.11 Å². The maximum Gasteiger partial charge on any atom is 0.237 e. The number of amides is 1. The van der Waals surface area contributed by atoms with Crippen LogP contribution in [0, 0.1) is 0 Å². The van der Waals surface area contributed by atoms with Gasteiger partial charge in [0.15, 0.2) is 0 Å². The van der Waals surface area contributed by atoms with E-state index in [0.29, 0.717) is 13.0 Å². The summed E-state index contributed by atoms with van der Waals surface area (Å²) in [6.45, 7) is 0.636. The minimum absolute atomic E-state index is 0.0495. The molecular weight excluding hydrogens is 256 g/mol. The molecule has 0 aliphatic heterocycles. The highest BCUT2D eigenvalue weighted by atomic mass is 16.5. The predicted octanol–water partition coefficient (Wildman–Crippen LogP) is 0.668. The molecule has 2 rings (SSSR count). The number of aryl methyl sites for hydroxylation is 1. The molecule has 0 spiro atoms. The van der Waals surface area contributed by atoms with Gasteiger partial charge >= 0.3 is 0 Å². The van der Waals surface area contributed by atoms with Crippen LogP contribution in [0.1, 0.15) is 43.0 Å². The van der Waals surface area contributed by atoms with Crippen molar-refractivity contribution in [2.24, 2.45) is 12.8 Å². The lowest BCUT2D eigenvalue weighted by atomic mass is 9.92. The highest BCUT2D eigenvalue weighted by Crippen LogP contribution is 2.29. The molecule has 1 amide bonds. The van der Waals surface area contributed by atoms with Crippen LogP contribution in [0.25, 0.3) is 0 Å². The van der Waals surface area contributed by atoms with Crippen LogP contribution in [0.3, 0.4) is 0 Å². The number of carbonyl (C=O) groups excluding carboxylic acids is 1. The van der Waals surface area contributed by atoms with Crippen LogP contribution in [-0.4, -0.2) is 35.4 Å². The van der Waals surface area contributed by atoms with Gasteiger partial charge in [-0.2, -0.15) is 5.10 Å². The van der Waals surface area contributed by atoms with Crippen molar-refractivity contribution < 1.29 is 9.53 Å². The summed E-state index contributed by atoms with van der Waals surface area (Å²) in [5.74, 6) is -0.0807. The van der Waals surface area contributed by atoms with Gasteiger partial charge in [0, 0.05) is 32.0 Å². The van der Waals surface area contributed by atoms with Gasteiger partial charge in [-0.3, -0.25) is 9.48 Å². The standard InChI is InChI=1S/C14H24N4O2/c1-18-13-7-3-6-12(10(13)9-16-18)17-14(19)11(15)5-4-8-20-2/h9,11-12H,3-8,15H2,1-2H3,(H,17,19). The number of aromatic nitrogens is 2. The Labute approximate surface area is 119 Å². The lowest BCUT2D eigenvalue weighted by molar-refractivity contribution is -0.123. The molecule has 0 saturated carbocycles. The smallest absolute Gasteiger partial charge is 0.237 e. The molecule has 0 bridgehead atoms. The number of carbonyl (C=O) groups is 1. The van der Waals surface area contributed by atoms with Crippen molar-refractivity contribution in [3.8, 4) is 0 Å². The first-order chi connectivity index (χ1) is 9.63. The van der Waals surface area contributed by atoms with Crippen LogP contribution in [0.15, 0.2) is 6.20 Å². The summed E-state index contributed by atoms with van der Waals surface area (Å²) >= 11 is 0. The molecule has 2 unspecified atom stereocenters. The predicted molar refractivity (Wildman–Crippen MR) is 76.1 cm³/mol. The molecular formula is C14H24N4O2. The van der Waals surface area contributed by atoms with Crippen LogP contribution in [0.4, 0.5) is 0 Å². The van der Waals surface area contributed by atoms with E-state index in [1.165, 1.54) is 5.69 Å². The number of fused-ring (bicyclic) bond motifs is 1. The van der Waals surface area contributed by atoms with Crippen LogP contribution in [0.2, 0.25) is 0 Å². The molecule has 1 aliphatic rings. The maximum absolute atomic E-state index is 12.1. The molecule has 0 aromatic carbocycles. The molecule has 2 atom stereocenters. The molecule has 0 saturated heterocycles. The van der Waals surface area contributed by atoms with Gasteiger partial charge in [0.05, 0.1) is 18.3 Å². The van der Waals surface area contributed by atoms with Gasteiger partial charge in [0.1, 0.15) is 0 Å². The van der Waals surface area contributed by atoms with Gasteiger partial charge in [0.25, 0.3) is 0 Å². The first-order valence-electron chi connectivity index (χ1n) is 7.19. The van der Waals surface area contributed by atoms with Crippen molar-refractivity contribution in [3.63, 3.8) is 0 Å². The Morgan fingerprint density at radius 1 is 1.70 bits per heavy atom. The van der Waals surface area contributed by atoms with E-state index in [1.807, 2.05) is 17.9 Å². The number of rotatable bonds is 6. The van der Waals surface area contributed by atoms with Crippen molar-refractivity contribution in [1.29, 1.82) is 0 Å². The summed E-state index contributed by atoms with van der Waals surface area (Å²) in [5, 5.41) is 7.34. The first kappa shape index (κ1) is 15.0. The number of hydrogen-bond acceptors (Lipinski definition) is 4. The number of hydrogen-bond donors (Lipinski definition) is 2. The molecule has 20 heavy (non-hydrogen) atoms. The summed E-state index contributed by atoms with van der Waals surface area (Å²) in [6.07, 6.45) is 6.35. The first-order valence-corrected chi connectivity index (χ1v) is 7.19. The van der Waals surface area contributed by atoms with E-state index in [0.717, 1.165) is 31.2 Å². The summed E-state index contributed by atoms with van der Waals surface area (Å²) in [7, 11) is 3.59. The lowest BCUT2D eigenvalue weighted by Gasteiger charge is -2.25. The van der Waals surface area contributed by atoms with Crippen LogP contribution >= 0.6 is 0 Å². The fourth-order valence-corrected chi connectivity index (χ4v) is 2.71. The van der Waals surface area contributed by atoms with Gasteiger partial charge in [-0.25, -0.2) is 0 Å². The van der Waals surface area contributed by atoms with Gasteiger partial charge in [-0.15, -0.1) is 0 Å². The van der Waals surface area contributed by atoms with Crippen LogP contribution in [-0.2, 0) is 23.0 Å². The molecule has 6 nitrogen and oxygen atoms in total. The van der Waals surface area contributed by atoms with Crippen molar-refractivity contribution in [3.05, 3.63) is 17.5 Å². The van der Waals surface area contributed by atoms with E-state index < -0.39 is 6.04 Å². The highest BCUT2D eigenvalue weighted by molar-refractivity contribution is 5.81. The zero-order valence-electron chi connectivity index (χ0n) is 12.3. The SMILES string of the molecule is COCCCC(N)C(=O)NC1CCCc2c1cnn2C. The third-order valence-electron chi connectivity index (χ3n) is 3.89. The number of nitrogens with two attached hydrogens (primary N) is 1. The van der Waals surface area contributed by atoms with E-state index in [4.69, 9.17) is 10.5 Å². The summed E-state index contributed by atoms with van der Waals surface area (Å²) in [5.41, 5.74) is 8.26. The van der Waals surface area contributed by atoms with Crippen molar-refractivity contribution in [1.82, 2.24) is 15.1 Å². The molecule has 3 N–H and O–H groups in total. The quantitative estimate of drug-likeness (QED) is 0.750. The second-order valence-electron chi connectivity index (χ2n) is 5.37. The Bertz CT molecular complexity index is 458. The monoisotopic (exact) mass is 280 g/mol. The topological polar surface area (TPSA) is 82.2 Å². The number of nitrogens with zero attached hydrogens (tertiary/aromatic N) is 2. The highest BCUT2D eigenvalue weighted by Gasteiger charge is 2.26. The molecule has 1 aromatic heterocycles. The Morgan fingerprint density at radius 3 is 3.25 bits per heavy atom. The third-order valence-corrected chi connectivity index (χ3v) is 3.89. The summed E-state index contributed by atoms with van der Waals surface area (Å²) in [6, 6.07) is -0.416. The largest absolute Gasteiger partial charge is 0.385 e. The minimum atomic E-state index is -0.466. The fraction of sp³-hybridized carbons (Fsp3) is 0.714. The van der Waals surface area contributed by atoms with Crippen LogP contribution in [0.5, 0.6) is 0 Å². The van der Waals surface area contributed by atoms with E-state index in [2.05, 4.69) is 10.4 Å². The summed E-state index contributed by atoms with van der Waals surface area (Å²) < 4.78 is 6.87. The van der Waals surface area contributed by atoms with Crippen molar-refractivity contribution in [2.75, 3.05) is 13.7 Å². The third kappa shape index (κ3) is 3.37. The molecule has 0 radical (unpaired) electrons. The zero-order valence-corrected chi connectivity index (χ0v) is 12.3. The summed E-state index contributed by atoms with van der Waals surface area (Å²) in [4.78, 5) is 12.1. The Kier molecular flexibility index (Phi) is 5.14. The number of nitrogens with one attached hydrogen (secondary N) is 1. The van der Waals surface area contributed by atoms with E-state index in [9.17, 15) is 4.79 Å². The molecule has 6 heteroatoms. The number of ether oxygens (including phenoxy) is 1. The van der Waals surface area contributed by atoms with E-state index >= 15 is 0 Å². The van der Waals surface area contributed by atoms with Gasteiger partial charge in [-0.05, 0) is 32.1 Å². The molecule has 112 valence electrons. The Morgan fingerprint density at radius 2 is 2.50 bits per heavy atom. The molecule has 1 heterocycles. The van der Waals surface area contributed by atoms with Crippen molar-refractivity contribution >= 4 is 5.91 Å². The Balaban J connectivity index is 1.92. The van der Waals surface area contributed by atoms with E-state index in [-0.39, 0.29) is 11.9 Å². The van der Waals surface area contributed by atoms with Gasteiger partial charge in [0.2, 0.25) is 5.91 Å². The maximum atomic E-state index is 12.1. The minimum Gasteiger partial charge on any atom is -0.385 e. The molecule has 0 fully saturated rings. The fourth-order valence-electron chi connectivity index (χ4n) is 2.71. The van der Waals surface area contributed by atoms with Crippen molar-refractivity contribution in [2.45, 2.75) is 44.2 Å². The van der Waals surface area contributed by atoms with Gasteiger partial charge < -0.3 is 15.8 Å². The number of methoxy groups -OCH3 is 1. The average molecular weight is 280 g/mol. The van der Waals surface area contributed by atoms with Gasteiger partial charge in [-0.1, -0.05) is 0 Å². The normalized spacial score (nSPS) is 19.4.